The van der Waals surface area contributed by atoms with Crippen LogP contribution >= 0.6 is 0 Å². The molecule has 1 aromatic heterocycles. The third-order valence-corrected chi connectivity index (χ3v) is 6.25. The number of pyridine rings is 1. The third kappa shape index (κ3) is 13.2. The monoisotopic (exact) mass is 537 g/mol. The zero-order valence-electron chi connectivity index (χ0n) is 22.7. The maximum atomic E-state index is 12.6. The van der Waals surface area contributed by atoms with Gasteiger partial charge in [0.05, 0.1) is 12.2 Å². The fourth-order valence-corrected chi connectivity index (χ4v) is 3.98. The molecule has 0 fully saturated rings. The van der Waals surface area contributed by atoms with Gasteiger partial charge in [-0.3, -0.25) is 0 Å². The summed E-state index contributed by atoms with van der Waals surface area (Å²) in [5, 5.41) is 0. The largest absolute Gasteiger partial charge is 0.479 e. The number of benzene rings is 1. The van der Waals surface area contributed by atoms with Crippen molar-refractivity contribution in [3.63, 3.8) is 0 Å². The Labute approximate surface area is 225 Å². The number of aromatic nitrogens is 1. The molecule has 0 aliphatic rings. The molecule has 38 heavy (non-hydrogen) atoms. The van der Waals surface area contributed by atoms with Crippen LogP contribution in [0.3, 0.4) is 0 Å². The molecule has 8 heteroatoms. The molecule has 1 heterocycles. The van der Waals surface area contributed by atoms with Crippen molar-refractivity contribution in [3.8, 4) is 17.4 Å². The SMILES string of the molecule is CCCCCCCCCCCCCCCOC(=O)C(C)Oc1ccc(Oc2ccc(C(F)(F)F)cn2)cc1. The van der Waals surface area contributed by atoms with Crippen molar-refractivity contribution in [2.75, 3.05) is 6.61 Å². The first-order chi connectivity index (χ1) is 18.3. The number of nitrogens with zero attached hydrogens (tertiary/aromatic N) is 1. The smallest absolute Gasteiger partial charge is 0.417 e. The predicted octanol–water partition coefficient (Wildman–Crippen LogP) is 9.29. The molecule has 0 aliphatic heterocycles. The van der Waals surface area contributed by atoms with Gasteiger partial charge in [0, 0.05) is 12.3 Å². The van der Waals surface area contributed by atoms with Crippen LogP contribution < -0.4 is 9.47 Å². The van der Waals surface area contributed by atoms with Crippen LogP contribution in [-0.2, 0) is 15.7 Å². The predicted molar refractivity (Wildman–Crippen MR) is 142 cm³/mol. The quantitative estimate of drug-likeness (QED) is 0.132. The van der Waals surface area contributed by atoms with E-state index < -0.39 is 23.8 Å². The van der Waals surface area contributed by atoms with Crippen LogP contribution in [0.1, 0.15) is 103 Å². The van der Waals surface area contributed by atoms with Gasteiger partial charge in [-0.2, -0.15) is 13.2 Å². The second-order valence-electron chi connectivity index (χ2n) is 9.63. The number of halogens is 3. The maximum absolute atomic E-state index is 12.6. The van der Waals surface area contributed by atoms with Gasteiger partial charge in [0.15, 0.2) is 6.10 Å². The highest BCUT2D eigenvalue weighted by Gasteiger charge is 2.30. The first-order valence-corrected chi connectivity index (χ1v) is 13.9. The van der Waals surface area contributed by atoms with E-state index in [0.29, 0.717) is 18.1 Å². The van der Waals surface area contributed by atoms with Crippen molar-refractivity contribution in [3.05, 3.63) is 48.2 Å². The van der Waals surface area contributed by atoms with E-state index in [4.69, 9.17) is 14.2 Å². The summed E-state index contributed by atoms with van der Waals surface area (Å²) in [6.07, 6.45) is 11.9. The van der Waals surface area contributed by atoms with Crippen molar-refractivity contribution in [2.24, 2.45) is 0 Å². The van der Waals surface area contributed by atoms with Crippen molar-refractivity contribution in [2.45, 2.75) is 110 Å². The molecule has 0 radical (unpaired) electrons. The summed E-state index contributed by atoms with van der Waals surface area (Å²) in [5.41, 5.74) is -0.844. The molecule has 212 valence electrons. The average molecular weight is 538 g/mol. The Hall–Kier alpha value is -2.77. The van der Waals surface area contributed by atoms with Gasteiger partial charge in [-0.25, -0.2) is 9.78 Å². The van der Waals surface area contributed by atoms with Gasteiger partial charge in [0.25, 0.3) is 0 Å². The Bertz CT molecular complexity index is 901. The number of alkyl halides is 3. The molecule has 0 saturated heterocycles. The average Bonchev–Trinajstić information content (AvgIpc) is 2.89. The summed E-state index contributed by atoms with van der Waals surface area (Å²) in [4.78, 5) is 15.9. The number of carbonyl (C=O) groups is 1. The van der Waals surface area contributed by atoms with E-state index in [9.17, 15) is 18.0 Å². The number of esters is 1. The molecular formula is C30H42F3NO4. The number of hydrogen-bond donors (Lipinski definition) is 0. The third-order valence-electron chi connectivity index (χ3n) is 6.25. The highest BCUT2D eigenvalue weighted by Crippen LogP contribution is 2.30. The Kier molecular flexibility index (Phi) is 14.6. The maximum Gasteiger partial charge on any atom is 0.417 e. The topological polar surface area (TPSA) is 57.7 Å². The number of carbonyl (C=O) groups excluding carboxylic acids is 1. The van der Waals surface area contributed by atoms with Crippen molar-refractivity contribution in [1.82, 2.24) is 4.98 Å². The molecule has 1 atom stereocenters. The van der Waals surface area contributed by atoms with Crippen LogP contribution in [0.5, 0.6) is 17.4 Å². The molecule has 0 N–H and O–H groups in total. The zero-order chi connectivity index (χ0) is 27.6. The lowest BCUT2D eigenvalue weighted by Crippen LogP contribution is -2.26. The molecule has 0 amide bonds. The number of ether oxygens (including phenoxy) is 3. The Morgan fingerprint density at radius 2 is 1.32 bits per heavy atom. The molecule has 0 saturated carbocycles. The van der Waals surface area contributed by atoms with Gasteiger partial charge in [-0.1, -0.05) is 84.0 Å². The normalized spacial score (nSPS) is 12.2. The van der Waals surface area contributed by atoms with E-state index in [1.54, 1.807) is 31.2 Å². The lowest BCUT2D eigenvalue weighted by Gasteiger charge is -2.14. The molecule has 1 unspecified atom stereocenters. The Balaban J connectivity index is 1.54. The minimum atomic E-state index is -4.45. The van der Waals surface area contributed by atoms with Gasteiger partial charge < -0.3 is 14.2 Å². The van der Waals surface area contributed by atoms with Crippen LogP contribution in [0.2, 0.25) is 0 Å². The molecular weight excluding hydrogens is 495 g/mol. The highest BCUT2D eigenvalue weighted by molar-refractivity contribution is 5.74. The lowest BCUT2D eigenvalue weighted by atomic mass is 10.0. The van der Waals surface area contributed by atoms with Crippen molar-refractivity contribution >= 4 is 5.97 Å². The van der Waals surface area contributed by atoms with Gasteiger partial charge in [-0.15, -0.1) is 0 Å². The van der Waals surface area contributed by atoms with Crippen LogP contribution in [0.25, 0.3) is 0 Å². The minimum absolute atomic E-state index is 0.0387. The van der Waals surface area contributed by atoms with Gasteiger partial charge >= 0.3 is 12.1 Å². The van der Waals surface area contributed by atoms with E-state index in [-0.39, 0.29) is 5.88 Å². The summed E-state index contributed by atoms with van der Waals surface area (Å²) < 4.78 is 54.3. The summed E-state index contributed by atoms with van der Waals surface area (Å²) in [5.74, 6) is 0.445. The van der Waals surface area contributed by atoms with E-state index >= 15 is 0 Å². The lowest BCUT2D eigenvalue weighted by molar-refractivity contribution is -0.151. The number of hydrogen-bond acceptors (Lipinski definition) is 5. The highest BCUT2D eigenvalue weighted by atomic mass is 19.4. The van der Waals surface area contributed by atoms with Crippen LogP contribution in [0, 0.1) is 0 Å². The van der Waals surface area contributed by atoms with Gasteiger partial charge in [0.1, 0.15) is 11.5 Å². The van der Waals surface area contributed by atoms with E-state index in [0.717, 1.165) is 37.6 Å². The summed E-state index contributed by atoms with van der Waals surface area (Å²) in [7, 11) is 0. The molecule has 1 aromatic carbocycles. The fraction of sp³-hybridized carbons (Fsp3) is 0.600. The Morgan fingerprint density at radius 1 is 0.789 bits per heavy atom. The van der Waals surface area contributed by atoms with Gasteiger partial charge in [-0.05, 0) is 43.7 Å². The first-order valence-electron chi connectivity index (χ1n) is 13.9. The van der Waals surface area contributed by atoms with E-state index in [2.05, 4.69) is 11.9 Å². The molecule has 0 aliphatic carbocycles. The summed E-state index contributed by atoms with van der Waals surface area (Å²) in [6.45, 7) is 4.26. The van der Waals surface area contributed by atoms with Crippen LogP contribution in [0.15, 0.2) is 42.6 Å². The molecule has 0 spiro atoms. The molecule has 2 rings (SSSR count). The second-order valence-corrected chi connectivity index (χ2v) is 9.63. The fourth-order valence-electron chi connectivity index (χ4n) is 3.98. The molecule has 2 aromatic rings. The van der Waals surface area contributed by atoms with Gasteiger partial charge in [0.2, 0.25) is 5.88 Å². The van der Waals surface area contributed by atoms with E-state index in [1.165, 1.54) is 64.2 Å². The number of unbranched alkanes of at least 4 members (excludes halogenated alkanes) is 12. The standard InChI is InChI=1S/C30H42F3NO4/c1-3-4-5-6-7-8-9-10-11-12-13-14-15-22-36-29(35)24(2)37-26-17-19-27(20-18-26)38-28-21-16-25(23-34-28)30(31,32)33/h16-21,23-24H,3-15,22H2,1-2H3. The van der Waals surface area contributed by atoms with Crippen molar-refractivity contribution in [1.29, 1.82) is 0 Å². The second kappa shape index (κ2) is 17.7. The zero-order valence-corrected chi connectivity index (χ0v) is 22.7. The first kappa shape index (κ1) is 31.4. The van der Waals surface area contributed by atoms with Crippen molar-refractivity contribution < 1.29 is 32.2 Å². The molecule has 0 bridgehead atoms. The number of rotatable bonds is 19. The van der Waals surface area contributed by atoms with Crippen LogP contribution in [-0.4, -0.2) is 23.7 Å². The summed E-state index contributed by atoms with van der Waals surface area (Å²) >= 11 is 0. The van der Waals surface area contributed by atoms with E-state index in [1.807, 2.05) is 0 Å². The molecule has 5 nitrogen and oxygen atoms in total. The summed E-state index contributed by atoms with van der Waals surface area (Å²) in [6, 6.07) is 8.44. The minimum Gasteiger partial charge on any atom is -0.479 e. The Morgan fingerprint density at radius 3 is 1.82 bits per heavy atom. The van der Waals surface area contributed by atoms with Crippen LogP contribution in [0.4, 0.5) is 13.2 Å².